The van der Waals surface area contributed by atoms with Crippen LogP contribution in [-0.4, -0.2) is 62.8 Å². The number of carbonyl (C=O) groups excluding carboxylic acids is 2. The van der Waals surface area contributed by atoms with Gasteiger partial charge in [0.25, 0.3) is 0 Å². The lowest BCUT2D eigenvalue weighted by Gasteiger charge is -2.29. The van der Waals surface area contributed by atoms with Gasteiger partial charge in [-0.1, -0.05) is 6.58 Å². The van der Waals surface area contributed by atoms with E-state index in [1.807, 2.05) is 0 Å². The molecule has 0 saturated carbocycles. The lowest BCUT2D eigenvalue weighted by molar-refractivity contribution is -0.146. The van der Waals surface area contributed by atoms with Crippen molar-refractivity contribution >= 4 is 37.9 Å². The van der Waals surface area contributed by atoms with Gasteiger partial charge >= 0.3 is 21.2 Å². The van der Waals surface area contributed by atoms with Gasteiger partial charge in [-0.15, -0.1) is 0 Å². The summed E-state index contributed by atoms with van der Waals surface area (Å²) in [5, 5.41) is 8.58. The van der Waals surface area contributed by atoms with Gasteiger partial charge in [0.05, 0.1) is 19.6 Å². The molecule has 0 atom stereocenters. The molecule has 1 radical (unpaired) electrons. The molecule has 26 heavy (non-hydrogen) atoms. The van der Waals surface area contributed by atoms with Gasteiger partial charge in [-0.2, -0.15) is 0 Å². The molecule has 0 aliphatic heterocycles. The Balaban J connectivity index is 4.27. The fraction of sp³-hybridized carbons (Fsp3) is 0.750. The quantitative estimate of drug-likeness (QED) is 0.211. The van der Waals surface area contributed by atoms with Gasteiger partial charge < -0.3 is 22.8 Å². The van der Waals surface area contributed by atoms with E-state index in [1.54, 1.807) is 0 Å². The van der Waals surface area contributed by atoms with Crippen LogP contribution >= 0.6 is 0 Å². The number of hydrogen-bond acceptors (Lipinski definition) is 7. The molecule has 0 aromatic heterocycles. The Morgan fingerprint density at radius 3 is 1.96 bits per heavy atom. The van der Waals surface area contributed by atoms with E-state index in [9.17, 15) is 9.59 Å². The fourth-order valence-electron chi connectivity index (χ4n) is 1.75. The SMILES string of the molecule is C=C(CC(=O)OCCO)C(=O)OCCC[Si](O[Si](C)(C)C)O[Si](C)(C)C. The smallest absolute Gasteiger partial charge is 0.362 e. The molecule has 0 saturated heterocycles. The first-order valence-electron chi connectivity index (χ1n) is 8.69. The van der Waals surface area contributed by atoms with Crippen LogP contribution in [0.25, 0.3) is 0 Å². The van der Waals surface area contributed by atoms with Gasteiger partial charge in [-0.3, -0.25) is 4.79 Å². The molecule has 0 aromatic carbocycles. The molecule has 0 unspecified atom stereocenters. The van der Waals surface area contributed by atoms with Crippen LogP contribution in [-0.2, 0) is 27.3 Å². The number of ether oxygens (including phenoxy) is 2. The van der Waals surface area contributed by atoms with Crippen LogP contribution in [0.1, 0.15) is 12.8 Å². The molecule has 0 spiro atoms. The molecule has 0 fully saturated rings. The van der Waals surface area contributed by atoms with Crippen molar-refractivity contribution < 1.29 is 32.4 Å². The molecule has 151 valence electrons. The molecular formula is C16H33O7Si3. The molecule has 7 nitrogen and oxygen atoms in total. The van der Waals surface area contributed by atoms with Crippen molar-refractivity contribution in [2.75, 3.05) is 19.8 Å². The zero-order valence-corrected chi connectivity index (χ0v) is 19.8. The lowest BCUT2D eigenvalue weighted by atomic mass is 10.2. The second kappa shape index (κ2) is 11.8. The molecule has 0 aliphatic rings. The number of rotatable bonds is 13. The average Bonchev–Trinajstić information content (AvgIpc) is 2.45. The molecular weight excluding hydrogens is 388 g/mol. The highest BCUT2D eigenvalue weighted by atomic mass is 28.4. The van der Waals surface area contributed by atoms with Crippen molar-refractivity contribution in [3.8, 4) is 0 Å². The van der Waals surface area contributed by atoms with Gasteiger partial charge in [-0.05, 0) is 51.7 Å². The molecule has 0 aromatic rings. The van der Waals surface area contributed by atoms with E-state index in [-0.39, 0.29) is 31.8 Å². The summed E-state index contributed by atoms with van der Waals surface area (Å²) in [7, 11) is -4.79. The summed E-state index contributed by atoms with van der Waals surface area (Å²) < 4.78 is 22.2. The predicted molar refractivity (Wildman–Crippen MR) is 107 cm³/mol. The molecule has 0 bridgehead atoms. The van der Waals surface area contributed by atoms with E-state index < -0.39 is 37.9 Å². The average molecular weight is 422 g/mol. The minimum Gasteiger partial charge on any atom is -0.463 e. The summed E-state index contributed by atoms with van der Waals surface area (Å²) in [5.41, 5.74) is 0.0372. The molecule has 10 heteroatoms. The van der Waals surface area contributed by atoms with Crippen molar-refractivity contribution in [2.45, 2.75) is 58.2 Å². The summed E-state index contributed by atoms with van der Waals surface area (Å²) in [6.45, 7) is 16.2. The van der Waals surface area contributed by atoms with Crippen LogP contribution in [0.2, 0.25) is 45.3 Å². The molecule has 0 amide bonds. The molecule has 0 aliphatic carbocycles. The van der Waals surface area contributed by atoms with E-state index in [1.165, 1.54) is 0 Å². The van der Waals surface area contributed by atoms with Crippen molar-refractivity contribution in [1.82, 2.24) is 0 Å². The summed E-state index contributed by atoms with van der Waals surface area (Å²) in [5.74, 6) is -1.23. The molecule has 0 rings (SSSR count). The van der Waals surface area contributed by atoms with Gasteiger partial charge in [0.2, 0.25) is 0 Å². The highest BCUT2D eigenvalue weighted by Crippen LogP contribution is 2.16. The second-order valence-electron chi connectivity index (χ2n) is 7.76. The summed E-state index contributed by atoms with van der Waals surface area (Å²) in [6.07, 6.45) is 0.391. The highest BCUT2D eigenvalue weighted by molar-refractivity contribution is 6.81. The van der Waals surface area contributed by atoms with Crippen LogP contribution in [0, 0.1) is 0 Å². The number of aliphatic hydroxyl groups is 1. The third kappa shape index (κ3) is 14.4. The van der Waals surface area contributed by atoms with Crippen LogP contribution in [0.4, 0.5) is 0 Å². The van der Waals surface area contributed by atoms with Crippen LogP contribution in [0.15, 0.2) is 12.2 Å². The first kappa shape index (κ1) is 25.2. The van der Waals surface area contributed by atoms with E-state index in [0.717, 1.165) is 6.04 Å². The Labute approximate surface area is 160 Å². The van der Waals surface area contributed by atoms with E-state index in [2.05, 4.69) is 50.6 Å². The zero-order chi connectivity index (χ0) is 20.4. The molecule has 1 N–H and O–H groups in total. The summed E-state index contributed by atoms with van der Waals surface area (Å²) in [4.78, 5) is 23.2. The largest absolute Gasteiger partial charge is 0.463 e. The second-order valence-corrected chi connectivity index (χ2v) is 19.1. The lowest BCUT2D eigenvalue weighted by Crippen LogP contribution is -2.43. The molecule has 0 heterocycles. The zero-order valence-electron chi connectivity index (χ0n) is 16.8. The Bertz CT molecular complexity index is 453. The van der Waals surface area contributed by atoms with Gasteiger partial charge in [0.15, 0.2) is 16.6 Å². The third-order valence-corrected chi connectivity index (χ3v) is 10.1. The first-order chi connectivity index (χ1) is 11.8. The standard InChI is InChI=1S/C16H33O7Si3/c1-14(13-15(18)20-11-9-17)16(19)21-10-8-12-24(22-25(2,3)4)23-26(5,6)7/h17H,1,8-13H2,2-7H3. The highest BCUT2D eigenvalue weighted by Gasteiger charge is 2.29. The third-order valence-electron chi connectivity index (χ3n) is 2.60. The minimum absolute atomic E-state index is 0.0372. The van der Waals surface area contributed by atoms with Crippen molar-refractivity contribution in [3.63, 3.8) is 0 Å². The van der Waals surface area contributed by atoms with Crippen molar-refractivity contribution in [3.05, 3.63) is 12.2 Å². The normalized spacial score (nSPS) is 12.2. The topological polar surface area (TPSA) is 91.3 Å². The Morgan fingerprint density at radius 1 is 0.962 bits per heavy atom. The minimum atomic E-state index is -1.70. The maximum atomic E-state index is 11.8. The first-order valence-corrected chi connectivity index (χ1v) is 17.0. The number of hydrogen-bond donors (Lipinski definition) is 1. The Hall–Kier alpha value is -0.789. The van der Waals surface area contributed by atoms with Crippen LogP contribution < -0.4 is 0 Å². The number of carbonyl (C=O) groups is 2. The van der Waals surface area contributed by atoms with E-state index in [0.29, 0.717) is 6.42 Å². The number of aliphatic hydroxyl groups excluding tert-OH is 1. The van der Waals surface area contributed by atoms with Crippen LogP contribution in [0.3, 0.4) is 0 Å². The fourth-order valence-corrected chi connectivity index (χ4v) is 9.00. The Kier molecular flexibility index (Phi) is 11.5. The predicted octanol–water partition coefficient (Wildman–Crippen LogP) is 2.59. The Morgan fingerprint density at radius 2 is 1.50 bits per heavy atom. The van der Waals surface area contributed by atoms with Crippen molar-refractivity contribution in [2.24, 2.45) is 0 Å². The van der Waals surface area contributed by atoms with Gasteiger partial charge in [0.1, 0.15) is 6.61 Å². The monoisotopic (exact) mass is 421 g/mol. The van der Waals surface area contributed by atoms with Gasteiger partial charge in [0, 0.05) is 5.57 Å². The van der Waals surface area contributed by atoms with Crippen LogP contribution in [0.5, 0.6) is 0 Å². The van der Waals surface area contributed by atoms with Crippen molar-refractivity contribution in [1.29, 1.82) is 0 Å². The van der Waals surface area contributed by atoms with E-state index >= 15 is 0 Å². The van der Waals surface area contributed by atoms with Gasteiger partial charge in [-0.25, -0.2) is 4.79 Å². The number of esters is 2. The van der Waals surface area contributed by atoms with E-state index in [4.69, 9.17) is 18.1 Å². The summed E-state index contributed by atoms with van der Waals surface area (Å²) >= 11 is 0. The maximum absolute atomic E-state index is 11.8. The maximum Gasteiger partial charge on any atom is 0.362 e. The summed E-state index contributed by atoms with van der Waals surface area (Å²) in [6, 6.07) is 0.734.